The second-order valence-corrected chi connectivity index (χ2v) is 6.72. The lowest BCUT2D eigenvalue weighted by Crippen LogP contribution is -1.97. The van der Waals surface area contributed by atoms with Gasteiger partial charge in [-0.05, 0) is 29.8 Å². The second-order valence-electron chi connectivity index (χ2n) is 5.78. The van der Waals surface area contributed by atoms with E-state index in [4.69, 9.17) is 9.47 Å². The largest absolute Gasteiger partial charge is 0.493 e. The SMILES string of the molecule is COc1ccc(-c2ccnc3nc(SCc4ccccc4)nn23)cc1OC. The first-order chi connectivity index (χ1) is 13.3. The number of fused-ring (bicyclic) bond motifs is 1. The molecule has 0 spiro atoms. The molecule has 0 saturated heterocycles. The number of hydrogen-bond acceptors (Lipinski definition) is 6. The van der Waals surface area contributed by atoms with Gasteiger partial charge in [0.2, 0.25) is 5.16 Å². The van der Waals surface area contributed by atoms with Gasteiger partial charge in [0.05, 0.1) is 19.9 Å². The summed E-state index contributed by atoms with van der Waals surface area (Å²) in [4.78, 5) is 8.88. The van der Waals surface area contributed by atoms with Crippen LogP contribution in [0.4, 0.5) is 0 Å². The molecule has 0 saturated carbocycles. The molecule has 2 aromatic heterocycles. The number of nitrogens with zero attached hydrogens (tertiary/aromatic N) is 4. The summed E-state index contributed by atoms with van der Waals surface area (Å²) >= 11 is 1.59. The molecule has 136 valence electrons. The van der Waals surface area contributed by atoms with E-state index in [0.717, 1.165) is 17.0 Å². The molecule has 0 N–H and O–H groups in total. The number of thioether (sulfide) groups is 1. The van der Waals surface area contributed by atoms with E-state index in [-0.39, 0.29) is 0 Å². The third kappa shape index (κ3) is 3.59. The number of hydrogen-bond donors (Lipinski definition) is 0. The lowest BCUT2D eigenvalue weighted by atomic mass is 10.1. The van der Waals surface area contributed by atoms with Crippen molar-refractivity contribution in [1.82, 2.24) is 19.6 Å². The minimum absolute atomic E-state index is 0.567. The quantitative estimate of drug-likeness (QED) is 0.471. The van der Waals surface area contributed by atoms with Gasteiger partial charge in [-0.3, -0.25) is 0 Å². The maximum Gasteiger partial charge on any atom is 0.253 e. The zero-order chi connectivity index (χ0) is 18.6. The van der Waals surface area contributed by atoms with Gasteiger partial charge in [0, 0.05) is 17.5 Å². The number of methoxy groups -OCH3 is 2. The molecule has 0 aliphatic rings. The van der Waals surface area contributed by atoms with Crippen LogP contribution >= 0.6 is 11.8 Å². The molecule has 2 aromatic carbocycles. The van der Waals surface area contributed by atoms with E-state index < -0.39 is 0 Å². The molecule has 4 rings (SSSR count). The zero-order valence-corrected chi connectivity index (χ0v) is 15.8. The van der Waals surface area contributed by atoms with E-state index in [2.05, 4.69) is 27.2 Å². The minimum atomic E-state index is 0.567. The third-order valence-electron chi connectivity index (χ3n) is 4.11. The van der Waals surface area contributed by atoms with Crippen molar-refractivity contribution in [2.24, 2.45) is 0 Å². The van der Waals surface area contributed by atoms with Gasteiger partial charge >= 0.3 is 0 Å². The van der Waals surface area contributed by atoms with Gasteiger partial charge < -0.3 is 9.47 Å². The first-order valence-corrected chi connectivity index (χ1v) is 9.38. The molecule has 0 bridgehead atoms. The Morgan fingerprint density at radius 2 is 1.78 bits per heavy atom. The molecule has 7 heteroatoms. The van der Waals surface area contributed by atoms with Gasteiger partial charge in [0.25, 0.3) is 5.78 Å². The van der Waals surface area contributed by atoms with Crippen molar-refractivity contribution in [3.8, 4) is 22.8 Å². The molecular formula is C20H18N4O2S. The summed E-state index contributed by atoms with van der Waals surface area (Å²) in [6, 6.07) is 17.9. The fourth-order valence-corrected chi connectivity index (χ4v) is 3.55. The lowest BCUT2D eigenvalue weighted by Gasteiger charge is -2.10. The Morgan fingerprint density at radius 1 is 0.963 bits per heavy atom. The Kier molecular flexibility index (Phi) is 4.93. The van der Waals surface area contributed by atoms with Crippen molar-refractivity contribution in [3.05, 3.63) is 66.4 Å². The molecule has 0 fully saturated rings. The second kappa shape index (κ2) is 7.67. The maximum atomic E-state index is 5.41. The molecule has 6 nitrogen and oxygen atoms in total. The number of rotatable bonds is 6. The number of benzene rings is 2. The highest BCUT2D eigenvalue weighted by molar-refractivity contribution is 7.98. The molecule has 0 unspecified atom stereocenters. The first kappa shape index (κ1) is 17.4. The highest BCUT2D eigenvalue weighted by Gasteiger charge is 2.13. The van der Waals surface area contributed by atoms with Crippen molar-refractivity contribution < 1.29 is 9.47 Å². The highest BCUT2D eigenvalue weighted by atomic mass is 32.2. The van der Waals surface area contributed by atoms with Crippen LogP contribution in [-0.2, 0) is 5.75 Å². The van der Waals surface area contributed by atoms with Gasteiger partial charge in [-0.2, -0.15) is 9.50 Å². The lowest BCUT2D eigenvalue weighted by molar-refractivity contribution is 0.355. The van der Waals surface area contributed by atoms with Crippen LogP contribution in [0.15, 0.2) is 66.0 Å². The van der Waals surface area contributed by atoms with Crippen LogP contribution in [0.5, 0.6) is 11.5 Å². The zero-order valence-electron chi connectivity index (χ0n) is 15.0. The van der Waals surface area contributed by atoms with Crippen LogP contribution < -0.4 is 9.47 Å². The van der Waals surface area contributed by atoms with Gasteiger partial charge in [0.1, 0.15) is 0 Å². The van der Waals surface area contributed by atoms with Crippen LogP contribution in [0.3, 0.4) is 0 Å². The van der Waals surface area contributed by atoms with Crippen molar-refractivity contribution in [3.63, 3.8) is 0 Å². The van der Waals surface area contributed by atoms with Crippen LogP contribution in [-0.4, -0.2) is 33.8 Å². The Hall–Kier alpha value is -3.06. The molecule has 0 aliphatic heterocycles. The van der Waals surface area contributed by atoms with Crippen LogP contribution in [0.25, 0.3) is 17.0 Å². The summed E-state index contributed by atoms with van der Waals surface area (Å²) in [5.41, 5.74) is 3.07. The summed E-state index contributed by atoms with van der Waals surface area (Å²) < 4.78 is 12.5. The fraction of sp³-hybridized carbons (Fsp3) is 0.150. The monoisotopic (exact) mass is 378 g/mol. The predicted molar refractivity (Wildman–Crippen MR) is 105 cm³/mol. The average molecular weight is 378 g/mol. The summed E-state index contributed by atoms with van der Waals surface area (Å²) in [6.45, 7) is 0. The van der Waals surface area contributed by atoms with E-state index in [1.54, 1.807) is 36.7 Å². The van der Waals surface area contributed by atoms with Crippen molar-refractivity contribution in [2.75, 3.05) is 14.2 Å². The molecule has 0 radical (unpaired) electrons. The van der Waals surface area contributed by atoms with Crippen LogP contribution in [0.2, 0.25) is 0 Å². The Morgan fingerprint density at radius 3 is 2.56 bits per heavy atom. The standard InChI is InChI=1S/C20H18N4O2S/c1-25-17-9-8-15(12-18(17)26-2)16-10-11-21-19-22-20(23-24(16)19)27-13-14-6-4-3-5-7-14/h3-12H,13H2,1-2H3. The van der Waals surface area contributed by atoms with Crippen LogP contribution in [0.1, 0.15) is 5.56 Å². The van der Waals surface area contributed by atoms with Gasteiger partial charge in [0.15, 0.2) is 11.5 Å². The molecule has 0 amide bonds. The van der Waals surface area contributed by atoms with E-state index in [1.807, 2.05) is 42.5 Å². The number of ether oxygens (including phenoxy) is 2. The van der Waals surface area contributed by atoms with Crippen LogP contribution in [0, 0.1) is 0 Å². The maximum absolute atomic E-state index is 5.41. The summed E-state index contributed by atoms with van der Waals surface area (Å²) in [5, 5.41) is 5.33. The smallest absolute Gasteiger partial charge is 0.253 e. The molecular weight excluding hydrogens is 360 g/mol. The normalized spacial score (nSPS) is 10.9. The Bertz CT molecular complexity index is 1070. The molecule has 0 aliphatic carbocycles. The molecule has 4 aromatic rings. The van der Waals surface area contributed by atoms with Crippen molar-refractivity contribution in [2.45, 2.75) is 10.9 Å². The minimum Gasteiger partial charge on any atom is -0.493 e. The molecule has 0 atom stereocenters. The summed E-state index contributed by atoms with van der Waals surface area (Å²) in [5.74, 6) is 2.73. The molecule has 2 heterocycles. The summed E-state index contributed by atoms with van der Waals surface area (Å²) in [7, 11) is 3.24. The predicted octanol–water partition coefficient (Wildman–Crippen LogP) is 4.10. The van der Waals surface area contributed by atoms with E-state index >= 15 is 0 Å². The Balaban J connectivity index is 1.67. The van der Waals surface area contributed by atoms with Gasteiger partial charge in [-0.1, -0.05) is 42.1 Å². The first-order valence-electron chi connectivity index (χ1n) is 8.39. The van der Waals surface area contributed by atoms with Crippen molar-refractivity contribution >= 4 is 17.5 Å². The van der Waals surface area contributed by atoms with E-state index in [9.17, 15) is 0 Å². The van der Waals surface area contributed by atoms with Gasteiger partial charge in [-0.25, -0.2) is 4.98 Å². The summed E-state index contributed by atoms with van der Waals surface area (Å²) in [6.07, 6.45) is 1.74. The topological polar surface area (TPSA) is 61.5 Å². The van der Waals surface area contributed by atoms with E-state index in [1.165, 1.54) is 5.56 Å². The molecule has 27 heavy (non-hydrogen) atoms. The third-order valence-corrected chi connectivity index (χ3v) is 5.02. The Labute approximate surface area is 161 Å². The number of aromatic nitrogens is 4. The van der Waals surface area contributed by atoms with Gasteiger partial charge in [-0.15, -0.1) is 5.10 Å². The average Bonchev–Trinajstić information content (AvgIpc) is 3.15. The fourth-order valence-electron chi connectivity index (χ4n) is 2.77. The van der Waals surface area contributed by atoms with E-state index in [0.29, 0.717) is 22.4 Å². The van der Waals surface area contributed by atoms with Crippen molar-refractivity contribution in [1.29, 1.82) is 0 Å². The highest BCUT2D eigenvalue weighted by Crippen LogP contribution is 2.32.